The monoisotopic (exact) mass is 242 g/mol. The van der Waals surface area contributed by atoms with Gasteiger partial charge in [-0.1, -0.05) is 32.9 Å². The topological polar surface area (TPSA) is 36.7 Å². The minimum Gasteiger partial charge on any atom is -0.241 e. The summed E-state index contributed by atoms with van der Waals surface area (Å²) in [4.78, 5) is 4.64. The van der Waals surface area contributed by atoms with E-state index in [0.717, 1.165) is 16.3 Å². The number of nitriles is 1. The molecule has 0 amide bonds. The van der Waals surface area contributed by atoms with Crippen molar-refractivity contribution in [1.82, 2.24) is 4.98 Å². The van der Waals surface area contributed by atoms with Gasteiger partial charge < -0.3 is 0 Å². The molecule has 1 aromatic carbocycles. The third kappa shape index (κ3) is 2.54. The van der Waals surface area contributed by atoms with Crippen LogP contribution in [0.15, 0.2) is 29.6 Å². The summed E-state index contributed by atoms with van der Waals surface area (Å²) in [5, 5.41) is 12.0. The van der Waals surface area contributed by atoms with E-state index in [0.29, 0.717) is 5.56 Å². The van der Waals surface area contributed by atoms with Gasteiger partial charge in [-0.3, -0.25) is 0 Å². The molecule has 0 atom stereocenters. The van der Waals surface area contributed by atoms with Crippen LogP contribution in [0.1, 0.15) is 31.3 Å². The molecule has 2 aromatic rings. The maximum atomic E-state index is 8.75. The van der Waals surface area contributed by atoms with Crippen molar-refractivity contribution in [2.45, 2.75) is 26.2 Å². The second kappa shape index (κ2) is 4.31. The summed E-state index contributed by atoms with van der Waals surface area (Å²) in [7, 11) is 0. The molecule has 3 heteroatoms. The summed E-state index contributed by atoms with van der Waals surface area (Å²) in [6.45, 7) is 6.48. The van der Waals surface area contributed by atoms with Crippen LogP contribution in [0.2, 0.25) is 0 Å². The maximum absolute atomic E-state index is 8.75. The minimum atomic E-state index is 0.0928. The molecular weight excluding hydrogens is 228 g/mol. The van der Waals surface area contributed by atoms with Crippen LogP contribution in [0.3, 0.4) is 0 Å². The third-order valence-corrected chi connectivity index (χ3v) is 3.72. The first-order chi connectivity index (χ1) is 8.00. The SMILES string of the molecule is CC(C)(C)c1nc(-c2ccc(C#N)cc2)cs1. The van der Waals surface area contributed by atoms with Crippen molar-refractivity contribution < 1.29 is 0 Å². The molecule has 0 aliphatic heterocycles. The van der Waals surface area contributed by atoms with Crippen molar-refractivity contribution in [1.29, 1.82) is 5.26 Å². The highest BCUT2D eigenvalue weighted by molar-refractivity contribution is 7.10. The van der Waals surface area contributed by atoms with Gasteiger partial charge in [0.25, 0.3) is 0 Å². The Morgan fingerprint density at radius 1 is 1.18 bits per heavy atom. The second-order valence-electron chi connectivity index (χ2n) is 4.98. The van der Waals surface area contributed by atoms with Crippen LogP contribution < -0.4 is 0 Å². The Morgan fingerprint density at radius 2 is 1.82 bits per heavy atom. The first kappa shape index (κ1) is 11.8. The summed E-state index contributed by atoms with van der Waals surface area (Å²) in [6.07, 6.45) is 0. The first-order valence-electron chi connectivity index (χ1n) is 5.47. The van der Waals surface area contributed by atoms with Crippen molar-refractivity contribution in [3.8, 4) is 17.3 Å². The molecule has 0 fully saturated rings. The highest BCUT2D eigenvalue weighted by atomic mass is 32.1. The molecule has 2 nitrogen and oxygen atoms in total. The fourth-order valence-corrected chi connectivity index (χ4v) is 2.38. The normalized spacial score (nSPS) is 11.2. The van der Waals surface area contributed by atoms with E-state index in [4.69, 9.17) is 5.26 Å². The van der Waals surface area contributed by atoms with Gasteiger partial charge in [-0.15, -0.1) is 11.3 Å². The van der Waals surface area contributed by atoms with Crippen molar-refractivity contribution in [3.05, 3.63) is 40.2 Å². The first-order valence-corrected chi connectivity index (χ1v) is 6.35. The number of nitrogens with zero attached hydrogens (tertiary/aromatic N) is 2. The molecule has 0 saturated heterocycles. The predicted molar refractivity (Wildman–Crippen MR) is 71.0 cm³/mol. The van der Waals surface area contributed by atoms with Gasteiger partial charge in [0.2, 0.25) is 0 Å². The lowest BCUT2D eigenvalue weighted by Crippen LogP contribution is -2.10. The zero-order valence-corrected chi connectivity index (χ0v) is 11.0. The molecule has 0 aliphatic carbocycles. The van der Waals surface area contributed by atoms with Crippen LogP contribution in [0.25, 0.3) is 11.3 Å². The van der Waals surface area contributed by atoms with Crippen molar-refractivity contribution in [2.75, 3.05) is 0 Å². The van der Waals surface area contributed by atoms with E-state index in [1.165, 1.54) is 0 Å². The van der Waals surface area contributed by atoms with E-state index in [2.05, 4.69) is 37.2 Å². The Kier molecular flexibility index (Phi) is 2.99. The lowest BCUT2D eigenvalue weighted by molar-refractivity contribution is 0.586. The Hall–Kier alpha value is -1.66. The van der Waals surface area contributed by atoms with Gasteiger partial charge in [-0.2, -0.15) is 5.26 Å². The molecule has 0 aliphatic rings. The largest absolute Gasteiger partial charge is 0.241 e. The third-order valence-electron chi connectivity index (χ3n) is 2.46. The molecule has 2 rings (SSSR count). The lowest BCUT2D eigenvalue weighted by Gasteiger charge is -2.13. The molecule has 0 bridgehead atoms. The van der Waals surface area contributed by atoms with E-state index >= 15 is 0 Å². The van der Waals surface area contributed by atoms with Crippen LogP contribution in [-0.2, 0) is 5.41 Å². The number of rotatable bonds is 1. The minimum absolute atomic E-state index is 0.0928. The highest BCUT2D eigenvalue weighted by Gasteiger charge is 2.18. The van der Waals surface area contributed by atoms with E-state index in [9.17, 15) is 0 Å². The quantitative estimate of drug-likeness (QED) is 0.758. The zero-order chi connectivity index (χ0) is 12.5. The summed E-state index contributed by atoms with van der Waals surface area (Å²) in [5.41, 5.74) is 2.83. The standard InChI is InChI=1S/C14H14N2S/c1-14(2,3)13-16-12(9-17-13)11-6-4-10(8-15)5-7-11/h4-7,9H,1-3H3. The molecule has 0 N–H and O–H groups in total. The number of hydrogen-bond acceptors (Lipinski definition) is 3. The van der Waals surface area contributed by atoms with Crippen LogP contribution in [0.4, 0.5) is 0 Å². The number of thiazole rings is 1. The number of aromatic nitrogens is 1. The zero-order valence-electron chi connectivity index (χ0n) is 10.2. The molecule has 0 unspecified atom stereocenters. The fourth-order valence-electron chi connectivity index (χ4n) is 1.47. The Labute approximate surface area is 106 Å². The average Bonchev–Trinajstić information content (AvgIpc) is 2.78. The maximum Gasteiger partial charge on any atom is 0.0991 e. The average molecular weight is 242 g/mol. The predicted octanol–water partition coefficient (Wildman–Crippen LogP) is 3.98. The van der Waals surface area contributed by atoms with Crippen LogP contribution in [-0.4, -0.2) is 4.98 Å². The van der Waals surface area contributed by atoms with Gasteiger partial charge in [0, 0.05) is 16.4 Å². The molecule has 0 saturated carbocycles. The van der Waals surface area contributed by atoms with Crippen LogP contribution in [0, 0.1) is 11.3 Å². The smallest absolute Gasteiger partial charge is 0.0991 e. The van der Waals surface area contributed by atoms with Gasteiger partial charge >= 0.3 is 0 Å². The second-order valence-corrected chi connectivity index (χ2v) is 5.84. The van der Waals surface area contributed by atoms with E-state index < -0.39 is 0 Å². The molecule has 1 aromatic heterocycles. The van der Waals surface area contributed by atoms with Crippen molar-refractivity contribution in [3.63, 3.8) is 0 Å². The summed E-state index contributed by atoms with van der Waals surface area (Å²) in [6, 6.07) is 9.66. The lowest BCUT2D eigenvalue weighted by atomic mass is 9.98. The number of benzene rings is 1. The van der Waals surface area contributed by atoms with Gasteiger partial charge in [0.15, 0.2) is 0 Å². The van der Waals surface area contributed by atoms with Gasteiger partial charge in [-0.25, -0.2) is 4.98 Å². The molecule has 0 spiro atoms. The fraction of sp³-hybridized carbons (Fsp3) is 0.286. The summed E-state index contributed by atoms with van der Waals surface area (Å²) < 4.78 is 0. The van der Waals surface area contributed by atoms with Gasteiger partial charge in [-0.05, 0) is 12.1 Å². The van der Waals surface area contributed by atoms with Crippen LogP contribution in [0.5, 0.6) is 0 Å². The van der Waals surface area contributed by atoms with Crippen molar-refractivity contribution >= 4 is 11.3 Å². The van der Waals surface area contributed by atoms with Crippen molar-refractivity contribution in [2.24, 2.45) is 0 Å². The molecule has 1 heterocycles. The molecule has 0 radical (unpaired) electrons. The molecule has 17 heavy (non-hydrogen) atoms. The Bertz CT molecular complexity index is 553. The van der Waals surface area contributed by atoms with Crippen LogP contribution >= 0.6 is 11.3 Å². The molecule has 86 valence electrons. The number of hydrogen-bond donors (Lipinski definition) is 0. The molecular formula is C14H14N2S. The highest BCUT2D eigenvalue weighted by Crippen LogP contribution is 2.29. The Balaban J connectivity index is 2.34. The van der Waals surface area contributed by atoms with Gasteiger partial charge in [0.1, 0.15) is 0 Å². The summed E-state index contributed by atoms with van der Waals surface area (Å²) in [5.74, 6) is 0. The van der Waals surface area contributed by atoms with E-state index in [1.54, 1.807) is 11.3 Å². The van der Waals surface area contributed by atoms with E-state index in [-0.39, 0.29) is 5.41 Å². The summed E-state index contributed by atoms with van der Waals surface area (Å²) >= 11 is 1.69. The Morgan fingerprint density at radius 3 is 2.29 bits per heavy atom. The van der Waals surface area contributed by atoms with Gasteiger partial charge in [0.05, 0.1) is 22.3 Å². The van der Waals surface area contributed by atoms with E-state index in [1.807, 2.05) is 24.3 Å².